The van der Waals surface area contributed by atoms with Crippen molar-refractivity contribution in [3.05, 3.63) is 63.6 Å². The summed E-state index contributed by atoms with van der Waals surface area (Å²) in [5.41, 5.74) is 1.20. The van der Waals surface area contributed by atoms with Crippen molar-refractivity contribution < 1.29 is 0 Å². The molecule has 0 bridgehead atoms. The number of thiazole rings is 1. The number of rotatable bonds is 7. The van der Waals surface area contributed by atoms with Crippen molar-refractivity contribution in [3.63, 3.8) is 0 Å². The van der Waals surface area contributed by atoms with Crippen LogP contribution in [-0.4, -0.2) is 25.7 Å². The summed E-state index contributed by atoms with van der Waals surface area (Å²) in [7, 11) is 1.95. The van der Waals surface area contributed by atoms with Crippen LogP contribution < -0.4 is 10.6 Å². The Balaban J connectivity index is 1.72. The van der Waals surface area contributed by atoms with Gasteiger partial charge in [0.1, 0.15) is 17.4 Å². The molecule has 7 nitrogen and oxygen atoms in total. The van der Waals surface area contributed by atoms with Gasteiger partial charge in [-0.2, -0.15) is 0 Å². The Hall–Kier alpha value is -2.74. The highest BCUT2D eigenvalue weighted by atomic mass is 32.1. The number of nitrogens with one attached hydrogen (secondary N) is 2. The molecule has 0 aliphatic heterocycles. The van der Waals surface area contributed by atoms with Gasteiger partial charge in [0, 0.05) is 18.1 Å². The standard InChI is InChI=1S/C20H27N7S/c1-5-17-11-21-19(28-17)13-23-20(22-12-18-26-25-15(3)27(18)4)24-14(2)16-9-7-6-8-10-16/h6-11,14H,5,12-13H2,1-4H3,(H2,22,23,24). The second-order valence-corrected chi connectivity index (χ2v) is 7.79. The fraction of sp³-hybridized carbons (Fsp3) is 0.400. The largest absolute Gasteiger partial charge is 0.350 e. The Labute approximate surface area is 170 Å². The zero-order chi connectivity index (χ0) is 19.9. The number of hydrogen-bond acceptors (Lipinski definition) is 5. The first-order chi connectivity index (χ1) is 13.6. The predicted molar refractivity (Wildman–Crippen MR) is 113 cm³/mol. The van der Waals surface area contributed by atoms with Crippen LogP contribution in [0.5, 0.6) is 0 Å². The Kier molecular flexibility index (Phi) is 6.76. The monoisotopic (exact) mass is 397 g/mol. The molecule has 0 radical (unpaired) electrons. The number of aryl methyl sites for hydroxylation is 2. The molecule has 0 aliphatic carbocycles. The molecule has 0 fully saturated rings. The van der Waals surface area contributed by atoms with E-state index in [2.05, 4.69) is 51.8 Å². The van der Waals surface area contributed by atoms with E-state index >= 15 is 0 Å². The van der Waals surface area contributed by atoms with E-state index in [4.69, 9.17) is 4.99 Å². The fourth-order valence-electron chi connectivity index (χ4n) is 2.67. The summed E-state index contributed by atoms with van der Waals surface area (Å²) in [4.78, 5) is 10.5. The molecular weight excluding hydrogens is 370 g/mol. The second kappa shape index (κ2) is 9.45. The first kappa shape index (κ1) is 20.0. The topological polar surface area (TPSA) is 80.0 Å². The quantitative estimate of drug-likeness (QED) is 0.473. The molecule has 1 unspecified atom stereocenters. The van der Waals surface area contributed by atoms with Crippen LogP contribution in [0.4, 0.5) is 0 Å². The average molecular weight is 398 g/mol. The van der Waals surface area contributed by atoms with Crippen LogP contribution in [0.25, 0.3) is 0 Å². The number of hydrogen-bond donors (Lipinski definition) is 2. The van der Waals surface area contributed by atoms with Crippen molar-refractivity contribution in [1.29, 1.82) is 0 Å². The first-order valence-electron chi connectivity index (χ1n) is 9.45. The molecule has 0 aliphatic rings. The molecule has 8 heteroatoms. The normalized spacial score (nSPS) is 12.8. The van der Waals surface area contributed by atoms with Crippen LogP contribution in [0.1, 0.15) is 47.0 Å². The van der Waals surface area contributed by atoms with Crippen LogP contribution in [0.15, 0.2) is 41.5 Å². The van der Waals surface area contributed by atoms with Crippen molar-refractivity contribution in [2.45, 2.75) is 46.3 Å². The zero-order valence-electron chi connectivity index (χ0n) is 16.8. The molecule has 0 saturated carbocycles. The van der Waals surface area contributed by atoms with Gasteiger partial charge in [-0.15, -0.1) is 21.5 Å². The Morgan fingerprint density at radius 2 is 2.04 bits per heavy atom. The first-order valence-corrected chi connectivity index (χ1v) is 10.3. The molecule has 28 heavy (non-hydrogen) atoms. The highest BCUT2D eigenvalue weighted by Gasteiger charge is 2.10. The summed E-state index contributed by atoms with van der Waals surface area (Å²) >= 11 is 1.73. The summed E-state index contributed by atoms with van der Waals surface area (Å²) in [6.07, 6.45) is 2.95. The molecule has 3 aromatic rings. The van der Waals surface area contributed by atoms with E-state index in [1.54, 1.807) is 11.3 Å². The maximum atomic E-state index is 4.72. The van der Waals surface area contributed by atoms with Gasteiger partial charge in [-0.1, -0.05) is 37.3 Å². The minimum Gasteiger partial charge on any atom is -0.350 e. The highest BCUT2D eigenvalue weighted by molar-refractivity contribution is 7.11. The molecule has 0 saturated heterocycles. The van der Waals surface area contributed by atoms with E-state index in [0.29, 0.717) is 13.1 Å². The average Bonchev–Trinajstić information content (AvgIpc) is 3.31. The molecule has 148 valence electrons. The van der Waals surface area contributed by atoms with Gasteiger partial charge < -0.3 is 15.2 Å². The third-order valence-corrected chi connectivity index (χ3v) is 5.71. The number of guanidine groups is 1. The lowest BCUT2D eigenvalue weighted by atomic mass is 10.1. The van der Waals surface area contributed by atoms with Gasteiger partial charge >= 0.3 is 0 Å². The maximum absolute atomic E-state index is 4.72. The summed E-state index contributed by atoms with van der Waals surface area (Å²) in [6, 6.07) is 10.4. The van der Waals surface area contributed by atoms with Crippen molar-refractivity contribution >= 4 is 17.3 Å². The van der Waals surface area contributed by atoms with Crippen LogP contribution >= 0.6 is 11.3 Å². The Bertz CT molecular complexity index is 914. The van der Waals surface area contributed by atoms with E-state index in [9.17, 15) is 0 Å². The van der Waals surface area contributed by atoms with Crippen LogP contribution in [0.3, 0.4) is 0 Å². The van der Waals surface area contributed by atoms with E-state index in [1.165, 1.54) is 10.4 Å². The van der Waals surface area contributed by atoms with Gasteiger partial charge in [-0.05, 0) is 25.8 Å². The van der Waals surface area contributed by atoms with E-state index in [0.717, 1.165) is 29.0 Å². The van der Waals surface area contributed by atoms with Crippen molar-refractivity contribution in [1.82, 2.24) is 30.4 Å². The maximum Gasteiger partial charge on any atom is 0.192 e. The van der Waals surface area contributed by atoms with Crippen LogP contribution in [0, 0.1) is 6.92 Å². The molecule has 0 amide bonds. The van der Waals surface area contributed by atoms with E-state index in [1.807, 2.05) is 42.9 Å². The van der Waals surface area contributed by atoms with Crippen molar-refractivity contribution in [2.24, 2.45) is 12.0 Å². The van der Waals surface area contributed by atoms with Gasteiger partial charge in [0.05, 0.1) is 12.6 Å². The van der Waals surface area contributed by atoms with Crippen LogP contribution in [-0.2, 0) is 26.6 Å². The number of aliphatic imine (C=N–C) groups is 1. The Morgan fingerprint density at radius 3 is 2.68 bits per heavy atom. The third kappa shape index (κ3) is 5.16. The lowest BCUT2D eigenvalue weighted by molar-refractivity contribution is 0.675. The van der Waals surface area contributed by atoms with Gasteiger partial charge in [0.2, 0.25) is 0 Å². The van der Waals surface area contributed by atoms with Gasteiger partial charge in [0.15, 0.2) is 11.8 Å². The summed E-state index contributed by atoms with van der Waals surface area (Å²) in [6.45, 7) is 7.28. The van der Waals surface area contributed by atoms with Gasteiger partial charge in [-0.25, -0.2) is 9.98 Å². The molecule has 2 heterocycles. The van der Waals surface area contributed by atoms with E-state index < -0.39 is 0 Å². The predicted octanol–water partition coefficient (Wildman–Crippen LogP) is 3.14. The van der Waals surface area contributed by atoms with Gasteiger partial charge in [0.25, 0.3) is 0 Å². The molecule has 3 rings (SSSR count). The second-order valence-electron chi connectivity index (χ2n) is 6.59. The summed E-state index contributed by atoms with van der Waals surface area (Å²) in [5.74, 6) is 2.43. The lowest BCUT2D eigenvalue weighted by Gasteiger charge is -2.18. The molecular formula is C20H27N7S. The van der Waals surface area contributed by atoms with Gasteiger partial charge in [-0.3, -0.25) is 0 Å². The molecule has 1 atom stereocenters. The summed E-state index contributed by atoms with van der Waals surface area (Å²) < 4.78 is 1.95. The SMILES string of the molecule is CCc1cnc(CNC(=NCc2nnc(C)n2C)NC(C)c2ccccc2)s1. The minimum atomic E-state index is 0.121. The highest BCUT2D eigenvalue weighted by Crippen LogP contribution is 2.14. The zero-order valence-corrected chi connectivity index (χ0v) is 17.6. The van der Waals surface area contributed by atoms with Crippen molar-refractivity contribution in [2.75, 3.05) is 0 Å². The summed E-state index contributed by atoms with van der Waals surface area (Å²) in [5, 5.41) is 16.2. The Morgan fingerprint density at radius 1 is 1.25 bits per heavy atom. The van der Waals surface area contributed by atoms with Crippen LogP contribution in [0.2, 0.25) is 0 Å². The number of aromatic nitrogens is 4. The molecule has 0 spiro atoms. The molecule has 2 N–H and O–H groups in total. The molecule has 1 aromatic carbocycles. The molecule has 2 aromatic heterocycles. The number of nitrogens with zero attached hydrogens (tertiary/aromatic N) is 5. The van der Waals surface area contributed by atoms with Crippen molar-refractivity contribution in [3.8, 4) is 0 Å². The minimum absolute atomic E-state index is 0.121. The third-order valence-electron chi connectivity index (χ3n) is 4.57. The smallest absolute Gasteiger partial charge is 0.192 e. The lowest BCUT2D eigenvalue weighted by Crippen LogP contribution is -2.38. The fourth-order valence-corrected chi connectivity index (χ4v) is 3.48. The van der Waals surface area contributed by atoms with E-state index in [-0.39, 0.29) is 6.04 Å². The number of benzene rings is 1.